The van der Waals surface area contributed by atoms with Crippen molar-refractivity contribution >= 4 is 17.3 Å². The minimum absolute atomic E-state index is 0.0452. The van der Waals surface area contributed by atoms with Crippen molar-refractivity contribution in [3.8, 4) is 11.5 Å². The summed E-state index contributed by atoms with van der Waals surface area (Å²) in [6.07, 6.45) is 0. The van der Waals surface area contributed by atoms with Gasteiger partial charge in [-0.15, -0.1) is 0 Å². The summed E-state index contributed by atoms with van der Waals surface area (Å²) >= 11 is 0. The first kappa shape index (κ1) is 25.4. The van der Waals surface area contributed by atoms with Crippen LogP contribution in [-0.4, -0.2) is 71.8 Å². The zero-order valence-electron chi connectivity index (χ0n) is 21.6. The van der Waals surface area contributed by atoms with Crippen LogP contribution in [0.2, 0.25) is 0 Å². The molecule has 1 N–H and O–H groups in total. The van der Waals surface area contributed by atoms with Crippen molar-refractivity contribution in [3.63, 3.8) is 0 Å². The largest absolute Gasteiger partial charge is 0.496 e. The summed E-state index contributed by atoms with van der Waals surface area (Å²) in [7, 11) is 7.20. The highest BCUT2D eigenvalue weighted by Gasteiger charge is 2.27. The number of carbonyl (C=O) groups excluding carboxylic acids is 1. The molecule has 0 radical (unpaired) electrons. The number of piperazine rings is 1. The number of carbonyl (C=O) groups is 1. The van der Waals surface area contributed by atoms with Crippen molar-refractivity contribution in [1.82, 2.24) is 10.2 Å². The summed E-state index contributed by atoms with van der Waals surface area (Å²) in [5, 5.41) is 3.16. The maximum Gasteiger partial charge on any atom is 0.258 e. The summed E-state index contributed by atoms with van der Waals surface area (Å²) in [5.74, 6) is 0.785. The standard InChI is InChI=1S/C29H36N4O3/c1-31(2)23-15-13-22(14-16-23)25(33-19-17-32(18-20-33)24-9-6-5-7-10-24)21-30-29(34)28-26(35-3)11-8-12-27(28)36-4/h5-16,25H,17-21H2,1-4H3,(H,30,34). The SMILES string of the molecule is COc1cccc(OC)c1C(=O)NCC(c1ccc(N(C)C)cc1)N1CCN(c2ccccc2)CC1. The average Bonchev–Trinajstić information content (AvgIpc) is 2.93. The number of hydrogen-bond acceptors (Lipinski definition) is 6. The van der Waals surface area contributed by atoms with Gasteiger partial charge in [0, 0.05) is 58.2 Å². The zero-order valence-corrected chi connectivity index (χ0v) is 21.6. The molecule has 1 atom stereocenters. The Labute approximate surface area is 214 Å². The van der Waals surface area contributed by atoms with Gasteiger partial charge in [0.25, 0.3) is 5.91 Å². The van der Waals surface area contributed by atoms with Gasteiger partial charge in [-0.25, -0.2) is 0 Å². The van der Waals surface area contributed by atoms with Crippen molar-refractivity contribution in [2.45, 2.75) is 6.04 Å². The minimum Gasteiger partial charge on any atom is -0.496 e. The van der Waals surface area contributed by atoms with Gasteiger partial charge in [0.15, 0.2) is 0 Å². The van der Waals surface area contributed by atoms with Gasteiger partial charge in [-0.2, -0.15) is 0 Å². The smallest absolute Gasteiger partial charge is 0.258 e. The summed E-state index contributed by atoms with van der Waals surface area (Å²) in [6.45, 7) is 4.16. The highest BCUT2D eigenvalue weighted by Crippen LogP contribution is 2.29. The fraction of sp³-hybridized carbons (Fsp3) is 0.345. The number of anilines is 2. The van der Waals surface area contributed by atoms with E-state index in [2.05, 4.69) is 68.5 Å². The summed E-state index contributed by atoms with van der Waals surface area (Å²) in [5.41, 5.74) is 3.99. The van der Waals surface area contributed by atoms with Crippen LogP contribution in [0.25, 0.3) is 0 Å². The van der Waals surface area contributed by atoms with Crippen molar-refractivity contribution < 1.29 is 14.3 Å². The molecule has 0 aromatic heterocycles. The predicted molar refractivity (Wildman–Crippen MR) is 146 cm³/mol. The lowest BCUT2D eigenvalue weighted by atomic mass is 10.0. The van der Waals surface area contributed by atoms with Crippen LogP contribution in [0.15, 0.2) is 72.8 Å². The third-order valence-corrected chi connectivity index (χ3v) is 6.78. The van der Waals surface area contributed by atoms with E-state index in [9.17, 15) is 4.79 Å². The Morgan fingerprint density at radius 3 is 2.03 bits per heavy atom. The van der Waals surface area contributed by atoms with Gasteiger partial charge in [-0.1, -0.05) is 36.4 Å². The molecule has 0 saturated carbocycles. The maximum atomic E-state index is 13.3. The second-order valence-electron chi connectivity index (χ2n) is 9.11. The van der Waals surface area contributed by atoms with Crippen molar-refractivity contribution in [3.05, 3.63) is 83.9 Å². The Balaban J connectivity index is 1.53. The Morgan fingerprint density at radius 1 is 0.861 bits per heavy atom. The molecule has 190 valence electrons. The molecule has 1 amide bonds. The van der Waals surface area contributed by atoms with Crippen molar-refractivity contribution in [1.29, 1.82) is 0 Å². The van der Waals surface area contributed by atoms with Crippen molar-refractivity contribution in [2.75, 3.05) is 70.8 Å². The first-order valence-corrected chi connectivity index (χ1v) is 12.3. The number of methoxy groups -OCH3 is 2. The second-order valence-corrected chi connectivity index (χ2v) is 9.11. The second kappa shape index (κ2) is 11.8. The molecule has 1 unspecified atom stereocenters. The molecule has 0 aliphatic carbocycles. The van der Waals surface area contributed by atoms with Crippen molar-refractivity contribution in [2.24, 2.45) is 0 Å². The fourth-order valence-corrected chi connectivity index (χ4v) is 4.74. The number of nitrogens with zero attached hydrogens (tertiary/aromatic N) is 3. The molecule has 3 aromatic carbocycles. The number of amides is 1. The molecule has 7 nitrogen and oxygen atoms in total. The summed E-state index contributed by atoms with van der Waals surface area (Å²) in [4.78, 5) is 20.3. The van der Waals surface area contributed by atoms with E-state index in [0.717, 1.165) is 31.9 Å². The Hall–Kier alpha value is -3.71. The molecule has 1 fully saturated rings. The van der Waals surface area contributed by atoms with Crippen LogP contribution in [0.4, 0.5) is 11.4 Å². The number of nitrogens with one attached hydrogen (secondary N) is 1. The quantitative estimate of drug-likeness (QED) is 0.490. The maximum absolute atomic E-state index is 13.3. The molecule has 4 rings (SSSR count). The Kier molecular flexibility index (Phi) is 8.33. The van der Waals surface area contributed by atoms with E-state index in [-0.39, 0.29) is 11.9 Å². The number of ether oxygens (including phenoxy) is 2. The molecule has 7 heteroatoms. The van der Waals surface area contributed by atoms with Crippen LogP contribution < -0.4 is 24.6 Å². The van der Waals surface area contributed by atoms with Gasteiger partial charge < -0.3 is 24.6 Å². The minimum atomic E-state index is -0.206. The van der Waals surface area contributed by atoms with Gasteiger partial charge in [0.2, 0.25) is 0 Å². The molecule has 0 bridgehead atoms. The van der Waals surface area contributed by atoms with Crippen LogP contribution in [0, 0.1) is 0 Å². The first-order valence-electron chi connectivity index (χ1n) is 12.3. The van der Waals surface area contributed by atoms with E-state index < -0.39 is 0 Å². The van der Waals surface area contributed by atoms with E-state index in [1.54, 1.807) is 26.4 Å². The van der Waals surface area contributed by atoms with Crippen LogP contribution in [-0.2, 0) is 0 Å². The third-order valence-electron chi connectivity index (χ3n) is 6.78. The van der Waals surface area contributed by atoms with Gasteiger partial charge >= 0.3 is 0 Å². The molecule has 3 aromatic rings. The van der Waals surface area contributed by atoms with E-state index >= 15 is 0 Å². The molecule has 1 aliphatic heterocycles. The van der Waals surface area contributed by atoms with Crippen LogP contribution in [0.5, 0.6) is 11.5 Å². The normalized spacial score (nSPS) is 14.7. The molecule has 1 saturated heterocycles. The number of para-hydroxylation sites is 1. The number of benzene rings is 3. The van der Waals surface area contributed by atoms with E-state index in [0.29, 0.717) is 23.6 Å². The Bertz CT molecular complexity index is 1100. The lowest BCUT2D eigenvalue weighted by molar-refractivity contribution is 0.0924. The van der Waals surface area contributed by atoms with Crippen LogP contribution in [0.3, 0.4) is 0 Å². The fourth-order valence-electron chi connectivity index (χ4n) is 4.74. The van der Waals surface area contributed by atoms with E-state index in [4.69, 9.17) is 9.47 Å². The van der Waals surface area contributed by atoms with Gasteiger partial charge in [0.05, 0.1) is 20.3 Å². The van der Waals surface area contributed by atoms with E-state index in [1.165, 1.54) is 11.3 Å². The van der Waals surface area contributed by atoms with E-state index in [1.807, 2.05) is 26.2 Å². The monoisotopic (exact) mass is 488 g/mol. The molecular formula is C29H36N4O3. The zero-order chi connectivity index (χ0) is 25.5. The lowest BCUT2D eigenvalue weighted by Crippen LogP contribution is -2.50. The highest BCUT2D eigenvalue weighted by atomic mass is 16.5. The molecule has 1 aliphatic rings. The summed E-state index contributed by atoms with van der Waals surface area (Å²) < 4.78 is 10.9. The third kappa shape index (κ3) is 5.74. The number of rotatable bonds is 9. The van der Waals surface area contributed by atoms with Gasteiger partial charge in [0.1, 0.15) is 17.1 Å². The average molecular weight is 489 g/mol. The number of hydrogen-bond donors (Lipinski definition) is 1. The Morgan fingerprint density at radius 2 is 1.47 bits per heavy atom. The van der Waals surface area contributed by atoms with Crippen LogP contribution in [0.1, 0.15) is 22.0 Å². The lowest BCUT2D eigenvalue weighted by Gasteiger charge is -2.40. The molecular weight excluding hydrogens is 452 g/mol. The molecule has 36 heavy (non-hydrogen) atoms. The first-order chi connectivity index (χ1) is 17.5. The van der Waals surface area contributed by atoms with Crippen LogP contribution >= 0.6 is 0 Å². The molecule has 0 spiro atoms. The van der Waals surface area contributed by atoms with Gasteiger partial charge in [-0.05, 0) is 42.0 Å². The van der Waals surface area contributed by atoms with Gasteiger partial charge in [-0.3, -0.25) is 9.69 Å². The topological polar surface area (TPSA) is 57.3 Å². The summed E-state index contributed by atoms with van der Waals surface area (Å²) in [6, 6.07) is 24.5. The highest BCUT2D eigenvalue weighted by molar-refractivity contribution is 5.99. The predicted octanol–water partition coefficient (Wildman–Crippen LogP) is 4.06. The molecule has 1 heterocycles.